The van der Waals surface area contributed by atoms with Crippen LogP contribution < -0.4 is 0 Å². The second-order valence-corrected chi connectivity index (χ2v) is 4.22. The predicted molar refractivity (Wildman–Crippen MR) is 51.4 cm³/mol. The lowest BCUT2D eigenvalue weighted by molar-refractivity contribution is 0.483. The molecule has 0 fully saturated rings. The molecule has 4 heteroatoms. The minimum Gasteiger partial charge on any atom is -0.282 e. The van der Waals surface area contributed by atoms with Crippen LogP contribution in [0.15, 0.2) is 35.2 Å². The highest BCUT2D eigenvalue weighted by atomic mass is 32.2. The second-order valence-electron chi connectivity index (χ2n) is 2.83. The normalized spacial score (nSPS) is 11.8. The van der Waals surface area contributed by atoms with E-state index in [0.29, 0.717) is 5.39 Å². The first-order valence-corrected chi connectivity index (χ1v) is 5.30. The van der Waals surface area contributed by atoms with Gasteiger partial charge in [-0.1, -0.05) is 12.1 Å². The van der Waals surface area contributed by atoms with Crippen molar-refractivity contribution in [1.82, 2.24) is 0 Å². The van der Waals surface area contributed by atoms with Gasteiger partial charge >= 0.3 is 0 Å². The Morgan fingerprint density at radius 3 is 2.71 bits per heavy atom. The molecule has 0 amide bonds. The molecule has 2 rings (SSSR count). The molecule has 0 aromatic heterocycles. The number of hydrogen-bond donors (Lipinski definition) is 1. The van der Waals surface area contributed by atoms with Crippen molar-refractivity contribution in [3.8, 4) is 0 Å². The van der Waals surface area contributed by atoms with Gasteiger partial charge in [0.2, 0.25) is 0 Å². The highest BCUT2D eigenvalue weighted by Crippen LogP contribution is 2.17. The van der Waals surface area contributed by atoms with E-state index in [4.69, 9.17) is 4.55 Å². The smallest absolute Gasteiger partial charge is 0.282 e. The largest absolute Gasteiger partial charge is 0.295 e. The third kappa shape index (κ3) is 1.62. The fraction of sp³-hybridized carbons (Fsp3) is 0. The molecule has 2 aromatic carbocycles. The molecule has 2 aromatic rings. The quantitative estimate of drug-likeness (QED) is 0.722. The predicted octanol–water partition coefficient (Wildman–Crippen LogP) is 1.69. The first-order valence-electron chi connectivity index (χ1n) is 3.86. The van der Waals surface area contributed by atoms with Crippen LogP contribution in [-0.4, -0.2) is 13.0 Å². The van der Waals surface area contributed by atoms with Gasteiger partial charge in [-0.25, -0.2) is 0 Å². The van der Waals surface area contributed by atoms with Gasteiger partial charge in [0.1, 0.15) is 4.90 Å². The van der Waals surface area contributed by atoms with Crippen molar-refractivity contribution in [2.24, 2.45) is 0 Å². The number of rotatable bonds is 1. The summed E-state index contributed by atoms with van der Waals surface area (Å²) in [6.07, 6.45) is 0. The highest BCUT2D eigenvalue weighted by Gasteiger charge is 2.09. The molecule has 0 aliphatic rings. The fourth-order valence-corrected chi connectivity index (χ4v) is 1.68. The molecule has 0 aliphatic heterocycles. The summed E-state index contributed by atoms with van der Waals surface area (Å²) in [5.74, 6) is 0. The number of fused-ring (bicyclic) bond motifs is 1. The molecule has 0 atom stereocenters. The van der Waals surface area contributed by atoms with Crippen molar-refractivity contribution in [2.45, 2.75) is 4.90 Å². The molecule has 0 spiro atoms. The number of benzene rings is 2. The van der Waals surface area contributed by atoms with Crippen molar-refractivity contribution in [1.29, 1.82) is 0 Å². The van der Waals surface area contributed by atoms with E-state index in [0.717, 1.165) is 5.39 Å². The van der Waals surface area contributed by atoms with E-state index in [1.807, 2.05) is 0 Å². The monoisotopic (exact) mass is 206 g/mol. The lowest BCUT2D eigenvalue weighted by atomic mass is 10.1. The molecule has 70 valence electrons. The minimum absolute atomic E-state index is 0.218. The summed E-state index contributed by atoms with van der Waals surface area (Å²) in [5, 5.41) is 1.56. The maximum atomic E-state index is 10.8. The summed E-state index contributed by atoms with van der Waals surface area (Å²) in [6, 6.07) is 13.4. The summed E-state index contributed by atoms with van der Waals surface area (Å²) in [4.78, 5) is -0.218. The van der Waals surface area contributed by atoms with E-state index in [1.54, 1.807) is 18.2 Å². The molecule has 0 heterocycles. The molecule has 2 radical (unpaired) electrons. The maximum absolute atomic E-state index is 10.8. The molecule has 3 nitrogen and oxygen atoms in total. The number of hydrogen-bond acceptors (Lipinski definition) is 2. The average Bonchev–Trinajstić information content (AvgIpc) is 2.16. The molecule has 0 bridgehead atoms. The lowest BCUT2D eigenvalue weighted by Crippen LogP contribution is -1.97. The van der Waals surface area contributed by atoms with Crippen LogP contribution in [0.25, 0.3) is 10.8 Å². The molecule has 0 unspecified atom stereocenters. The Hall–Kier alpha value is -1.39. The van der Waals surface area contributed by atoms with Crippen molar-refractivity contribution in [3.63, 3.8) is 0 Å². The molecule has 0 saturated carbocycles. The average molecular weight is 206 g/mol. The van der Waals surface area contributed by atoms with Gasteiger partial charge in [0.15, 0.2) is 0 Å². The van der Waals surface area contributed by atoms with E-state index in [-0.39, 0.29) is 4.90 Å². The van der Waals surface area contributed by atoms with Crippen LogP contribution >= 0.6 is 0 Å². The topological polar surface area (TPSA) is 54.4 Å². The van der Waals surface area contributed by atoms with Crippen LogP contribution in [0, 0.1) is 12.1 Å². The van der Waals surface area contributed by atoms with Gasteiger partial charge < -0.3 is 0 Å². The van der Waals surface area contributed by atoms with Gasteiger partial charge in [-0.3, -0.25) is 4.55 Å². The van der Waals surface area contributed by atoms with E-state index < -0.39 is 10.1 Å². The Morgan fingerprint density at radius 1 is 1.21 bits per heavy atom. The van der Waals surface area contributed by atoms with E-state index in [2.05, 4.69) is 12.1 Å². The third-order valence-corrected chi connectivity index (χ3v) is 2.66. The molecule has 0 aliphatic carbocycles. The molecule has 1 N–H and O–H groups in total. The second kappa shape index (κ2) is 3.08. The SMILES string of the molecule is O=S(=O)(O)c1[c]cc2cc[c]cc2c1. The standard InChI is InChI=1S/C10H6O3S/c11-14(12,13)10-6-5-8-3-1-2-4-9(8)7-10/h1,3-5,7H,(H,11,12,13). The molecular weight excluding hydrogens is 200 g/mol. The minimum atomic E-state index is -4.16. The zero-order chi connectivity index (χ0) is 10.2. The van der Waals surface area contributed by atoms with E-state index >= 15 is 0 Å². The Balaban J connectivity index is 2.75. The Kier molecular flexibility index (Phi) is 2.02. The molecular formula is C10H6O3S. The van der Waals surface area contributed by atoms with Gasteiger partial charge in [-0.05, 0) is 35.0 Å². The van der Waals surface area contributed by atoms with Crippen molar-refractivity contribution in [3.05, 3.63) is 42.5 Å². The molecule has 0 saturated heterocycles. The van der Waals surface area contributed by atoms with Crippen LogP contribution in [-0.2, 0) is 10.1 Å². The summed E-state index contributed by atoms with van der Waals surface area (Å²) in [6.45, 7) is 0. The van der Waals surface area contributed by atoms with Gasteiger partial charge in [0.05, 0.1) is 0 Å². The zero-order valence-corrected chi connectivity index (χ0v) is 7.88. The van der Waals surface area contributed by atoms with Crippen LogP contribution in [0.2, 0.25) is 0 Å². The third-order valence-electron chi connectivity index (χ3n) is 1.87. The lowest BCUT2D eigenvalue weighted by Gasteiger charge is -1.99. The van der Waals surface area contributed by atoms with Crippen molar-refractivity contribution < 1.29 is 13.0 Å². The van der Waals surface area contributed by atoms with Crippen molar-refractivity contribution >= 4 is 20.9 Å². The highest BCUT2D eigenvalue weighted by molar-refractivity contribution is 7.85. The van der Waals surface area contributed by atoms with Crippen molar-refractivity contribution in [2.75, 3.05) is 0 Å². The first kappa shape index (κ1) is 9.18. The van der Waals surface area contributed by atoms with Gasteiger partial charge in [0.25, 0.3) is 10.1 Å². The Morgan fingerprint density at radius 2 is 2.00 bits per heavy atom. The summed E-state index contributed by atoms with van der Waals surface area (Å²) >= 11 is 0. The van der Waals surface area contributed by atoms with Crippen LogP contribution in [0.4, 0.5) is 0 Å². The van der Waals surface area contributed by atoms with Gasteiger partial charge in [-0.15, -0.1) is 0 Å². The Labute approximate surface area is 81.7 Å². The molecule has 14 heavy (non-hydrogen) atoms. The van der Waals surface area contributed by atoms with Crippen LogP contribution in [0.1, 0.15) is 0 Å². The van der Waals surface area contributed by atoms with E-state index in [1.165, 1.54) is 12.1 Å². The summed E-state index contributed by atoms with van der Waals surface area (Å²) < 4.78 is 30.4. The zero-order valence-electron chi connectivity index (χ0n) is 7.06. The fourth-order valence-electron chi connectivity index (χ4n) is 1.19. The van der Waals surface area contributed by atoms with Gasteiger partial charge in [0, 0.05) is 6.07 Å². The van der Waals surface area contributed by atoms with Crippen LogP contribution in [0.3, 0.4) is 0 Å². The van der Waals surface area contributed by atoms with Gasteiger partial charge in [-0.2, -0.15) is 8.42 Å². The van der Waals surface area contributed by atoms with E-state index in [9.17, 15) is 8.42 Å². The first-order chi connectivity index (χ1) is 6.57. The summed E-state index contributed by atoms with van der Waals surface area (Å²) in [7, 11) is -4.16. The Bertz CT molecular complexity index is 573. The summed E-state index contributed by atoms with van der Waals surface area (Å²) in [5.41, 5.74) is 0. The maximum Gasteiger partial charge on any atom is 0.295 e. The van der Waals surface area contributed by atoms with Crippen LogP contribution in [0.5, 0.6) is 0 Å².